The molecule has 164 valence electrons. The average molecular weight is 663 g/mol. The second kappa shape index (κ2) is 8.25. The first-order chi connectivity index (χ1) is 14.7. The first-order valence-electron chi connectivity index (χ1n) is 10.5. The fraction of sp³-hybridized carbons (Fsp3) is 0.435. The van der Waals surface area contributed by atoms with Crippen molar-refractivity contribution < 1.29 is 22.5 Å². The van der Waals surface area contributed by atoms with Crippen LogP contribution in [0, 0.1) is 30.8 Å². The number of carbonyl (C=O) groups excluding carboxylic acids is 1. The Morgan fingerprint density at radius 3 is 2.13 bits per heavy atom. The van der Waals surface area contributed by atoms with Gasteiger partial charge in [-0.2, -0.15) is 0 Å². The quantitative estimate of drug-likeness (QED) is 0.185. The molecule has 0 unspecified atom stereocenters. The van der Waals surface area contributed by atoms with E-state index in [1.807, 2.05) is 6.07 Å². The van der Waals surface area contributed by atoms with Crippen molar-refractivity contribution in [1.29, 1.82) is 0 Å². The van der Waals surface area contributed by atoms with Crippen LogP contribution >= 0.6 is 45.2 Å². The van der Waals surface area contributed by atoms with Gasteiger partial charge in [0, 0.05) is 7.14 Å². The van der Waals surface area contributed by atoms with Gasteiger partial charge >= 0.3 is 5.97 Å². The highest BCUT2D eigenvalue weighted by molar-refractivity contribution is 14.1. The third-order valence-electron chi connectivity index (χ3n) is 7.20. The van der Waals surface area contributed by atoms with E-state index in [1.54, 1.807) is 18.2 Å². The van der Waals surface area contributed by atoms with E-state index in [1.165, 1.54) is 18.6 Å². The van der Waals surface area contributed by atoms with Crippen LogP contribution < -0.4 is 4.74 Å². The molecule has 8 heteroatoms. The molecule has 4 aliphatic rings. The normalized spacial score (nSPS) is 29.2. The minimum absolute atomic E-state index is 0.0264. The molecule has 0 saturated heterocycles. The molecule has 0 aliphatic heterocycles. The van der Waals surface area contributed by atoms with Crippen LogP contribution in [-0.4, -0.2) is 18.9 Å². The predicted molar refractivity (Wildman–Crippen MR) is 131 cm³/mol. The van der Waals surface area contributed by atoms with Crippen molar-refractivity contribution in [3.05, 3.63) is 54.7 Å². The van der Waals surface area contributed by atoms with Gasteiger partial charge in [0.25, 0.3) is 0 Å². The molecule has 0 spiro atoms. The average Bonchev–Trinajstić information content (AvgIpc) is 2.69. The lowest BCUT2D eigenvalue weighted by Crippen LogP contribution is -2.44. The lowest BCUT2D eigenvalue weighted by molar-refractivity contribution is -0.00373. The van der Waals surface area contributed by atoms with Crippen molar-refractivity contribution in [2.45, 2.75) is 42.9 Å². The molecule has 0 atom stereocenters. The van der Waals surface area contributed by atoms with Gasteiger partial charge in [-0.3, -0.25) is 0 Å². The summed E-state index contributed by atoms with van der Waals surface area (Å²) < 4.78 is 43.8. The lowest BCUT2D eigenvalue weighted by Gasteiger charge is -2.55. The fourth-order valence-electron chi connectivity index (χ4n) is 6.30. The summed E-state index contributed by atoms with van der Waals surface area (Å²) in [6.07, 6.45) is 5.64. The summed E-state index contributed by atoms with van der Waals surface area (Å²) in [5, 5.41) is 0. The maximum Gasteiger partial charge on any atom is 0.343 e. The Kier molecular flexibility index (Phi) is 5.88. The summed E-state index contributed by atoms with van der Waals surface area (Å²) in [5.41, 5.74) is 0.806. The summed E-state index contributed by atoms with van der Waals surface area (Å²) in [6.45, 7) is 0. The zero-order valence-electron chi connectivity index (χ0n) is 16.6. The molecule has 0 radical (unpaired) electrons. The van der Waals surface area contributed by atoms with Crippen LogP contribution in [0.1, 0.15) is 53.9 Å². The smallest absolute Gasteiger partial charge is 0.343 e. The zero-order valence-corrected chi connectivity index (χ0v) is 21.7. The van der Waals surface area contributed by atoms with Crippen LogP contribution in [0.3, 0.4) is 0 Å². The van der Waals surface area contributed by atoms with Crippen molar-refractivity contribution >= 4 is 61.3 Å². The highest BCUT2D eigenvalue weighted by Gasteiger charge is 2.49. The number of hydrogen-bond donors (Lipinski definition) is 0. The van der Waals surface area contributed by atoms with Crippen LogP contribution in [0.15, 0.2) is 41.3 Å². The van der Waals surface area contributed by atoms with E-state index in [0.717, 1.165) is 44.7 Å². The summed E-state index contributed by atoms with van der Waals surface area (Å²) >= 11 is 4.39. The fourth-order valence-corrected chi connectivity index (χ4v) is 7.84. The van der Waals surface area contributed by atoms with Gasteiger partial charge < -0.3 is 9.29 Å². The number of halogens is 2. The number of benzene rings is 2. The summed E-state index contributed by atoms with van der Waals surface area (Å²) in [4.78, 5) is 12.7. The van der Waals surface area contributed by atoms with Crippen LogP contribution in [0.2, 0.25) is 0 Å². The van der Waals surface area contributed by atoms with Crippen molar-refractivity contribution in [3.8, 4) is 5.75 Å². The maximum absolute atomic E-state index is 12.9. The number of hydrogen-bond acceptors (Lipinski definition) is 5. The Bertz CT molecular complexity index is 1130. The van der Waals surface area contributed by atoms with E-state index in [4.69, 9.17) is 4.74 Å². The van der Waals surface area contributed by atoms with E-state index in [0.29, 0.717) is 23.1 Å². The molecule has 0 aromatic heterocycles. The highest BCUT2D eigenvalue weighted by atomic mass is 127. The van der Waals surface area contributed by atoms with Crippen LogP contribution in [0.5, 0.6) is 5.75 Å². The van der Waals surface area contributed by atoms with Gasteiger partial charge in [-0.05, 0) is 149 Å². The third-order valence-corrected chi connectivity index (χ3v) is 11.0. The SMILES string of the molecule is O=C(Oc1ccc(I)c(I)c1)c1ccc(S(=O)(=O)[O-])c(C2C3CC4CC(C3)CC2C4)c1. The molecule has 31 heavy (non-hydrogen) atoms. The molecule has 0 heterocycles. The monoisotopic (exact) mass is 663 g/mol. The Labute approximate surface area is 209 Å². The minimum atomic E-state index is -4.63. The first kappa shape index (κ1) is 22.1. The Hall–Kier alpha value is -0.720. The largest absolute Gasteiger partial charge is 0.744 e. The minimum Gasteiger partial charge on any atom is -0.744 e. The summed E-state index contributed by atoms with van der Waals surface area (Å²) in [5.74, 6) is 2.15. The predicted octanol–water partition coefficient (Wildman–Crippen LogP) is 5.56. The molecular weight excluding hydrogens is 642 g/mol. The molecule has 0 N–H and O–H groups in total. The molecule has 6 rings (SSSR count). The Morgan fingerprint density at radius 2 is 1.55 bits per heavy atom. The summed E-state index contributed by atoms with van der Waals surface area (Å²) in [6, 6.07) is 9.70. The highest BCUT2D eigenvalue weighted by Crippen LogP contribution is 2.60. The molecule has 2 aromatic carbocycles. The molecule has 4 bridgehead atoms. The molecule has 2 aromatic rings. The summed E-state index contributed by atoms with van der Waals surface area (Å²) in [7, 11) is -4.63. The van der Waals surface area contributed by atoms with Gasteiger partial charge in [0.2, 0.25) is 0 Å². The van der Waals surface area contributed by atoms with E-state index < -0.39 is 16.1 Å². The van der Waals surface area contributed by atoms with Gasteiger partial charge in [0.15, 0.2) is 0 Å². The van der Waals surface area contributed by atoms with Crippen molar-refractivity contribution in [1.82, 2.24) is 0 Å². The van der Waals surface area contributed by atoms with E-state index >= 15 is 0 Å². The number of carbonyl (C=O) groups is 1. The van der Waals surface area contributed by atoms with Gasteiger partial charge in [-0.15, -0.1) is 0 Å². The van der Waals surface area contributed by atoms with Crippen LogP contribution in [0.25, 0.3) is 0 Å². The van der Waals surface area contributed by atoms with Crippen molar-refractivity contribution in [3.63, 3.8) is 0 Å². The molecule has 4 saturated carbocycles. The molecule has 5 nitrogen and oxygen atoms in total. The molecule has 4 fully saturated rings. The van der Waals surface area contributed by atoms with E-state index in [2.05, 4.69) is 45.2 Å². The second-order valence-electron chi connectivity index (χ2n) is 9.13. The number of esters is 1. The molecular formula is C23H21I2O5S-. The van der Waals surface area contributed by atoms with Gasteiger partial charge in [-0.1, -0.05) is 0 Å². The van der Waals surface area contributed by atoms with Crippen molar-refractivity contribution in [2.75, 3.05) is 0 Å². The van der Waals surface area contributed by atoms with Crippen LogP contribution in [-0.2, 0) is 10.1 Å². The van der Waals surface area contributed by atoms with Gasteiger partial charge in [-0.25, -0.2) is 13.2 Å². The zero-order chi connectivity index (χ0) is 21.9. The molecule has 4 aliphatic carbocycles. The second-order valence-corrected chi connectivity index (χ2v) is 12.8. The number of ether oxygens (including phenoxy) is 1. The topological polar surface area (TPSA) is 83.5 Å². The van der Waals surface area contributed by atoms with E-state index in [9.17, 15) is 17.8 Å². The first-order valence-corrected chi connectivity index (χ1v) is 14.0. The molecule has 0 amide bonds. The Balaban J connectivity index is 1.50. The van der Waals surface area contributed by atoms with Crippen LogP contribution in [0.4, 0.5) is 0 Å². The maximum atomic E-state index is 12.9. The lowest BCUT2D eigenvalue weighted by atomic mass is 9.50. The van der Waals surface area contributed by atoms with Crippen molar-refractivity contribution in [2.24, 2.45) is 23.7 Å². The Morgan fingerprint density at radius 1 is 0.903 bits per heavy atom. The van der Waals surface area contributed by atoms with Gasteiger partial charge in [0.05, 0.1) is 10.5 Å². The standard InChI is InChI=1S/C23H22I2O5S/c24-19-3-2-17(11-20(19)25)30-23(26)14-1-4-21(31(27,28)29)18(10-14)22-15-6-12-5-13(8-15)9-16(22)7-12/h1-4,10-13,15-16,22H,5-9H2,(H,27,28,29)/p-1. The van der Waals surface area contributed by atoms with E-state index in [-0.39, 0.29) is 16.4 Å². The third kappa shape index (κ3) is 4.29. The van der Waals surface area contributed by atoms with Gasteiger partial charge in [0.1, 0.15) is 15.9 Å². The number of rotatable bonds is 4.